The number of ether oxygens (including phenoxy) is 1. The molecule has 92 valence electrons. The number of nitrogens with zero attached hydrogens (tertiary/aromatic N) is 1. The van der Waals surface area contributed by atoms with Crippen molar-refractivity contribution in [2.75, 3.05) is 25.5 Å². The normalized spacial score (nSPS) is 19.2. The maximum atomic E-state index is 11.9. The summed E-state index contributed by atoms with van der Waals surface area (Å²) in [4.78, 5) is 16.0. The van der Waals surface area contributed by atoms with Crippen molar-refractivity contribution in [2.45, 2.75) is 13.3 Å². The van der Waals surface area contributed by atoms with E-state index in [1.54, 1.807) is 19.2 Å². The zero-order valence-corrected chi connectivity index (χ0v) is 9.90. The van der Waals surface area contributed by atoms with Gasteiger partial charge in [-0.05, 0) is 19.4 Å². The molecule has 1 aliphatic heterocycles. The highest BCUT2D eigenvalue weighted by Crippen LogP contribution is 2.12. The Morgan fingerprint density at radius 2 is 2.53 bits per heavy atom. The minimum absolute atomic E-state index is 0.116. The van der Waals surface area contributed by atoms with Gasteiger partial charge in [0.2, 0.25) is 0 Å². The molecular formula is C12H17N3O2. The molecule has 2 rings (SSSR count). The average molecular weight is 235 g/mol. The molecular weight excluding hydrogens is 218 g/mol. The van der Waals surface area contributed by atoms with Gasteiger partial charge in [0.1, 0.15) is 0 Å². The van der Waals surface area contributed by atoms with E-state index in [1.165, 1.54) is 0 Å². The van der Waals surface area contributed by atoms with Gasteiger partial charge in [0, 0.05) is 19.1 Å². The predicted octanol–water partition coefficient (Wildman–Crippen LogP) is 0.739. The van der Waals surface area contributed by atoms with Crippen LogP contribution in [-0.4, -0.2) is 30.6 Å². The van der Waals surface area contributed by atoms with E-state index in [1.807, 2.05) is 0 Å². The molecule has 1 aromatic rings. The number of aryl methyl sites for hydroxylation is 1. The molecule has 5 nitrogen and oxygen atoms in total. The van der Waals surface area contributed by atoms with Crippen molar-refractivity contribution in [3.05, 3.63) is 23.5 Å². The number of carbonyl (C=O) groups is 1. The summed E-state index contributed by atoms with van der Waals surface area (Å²) in [5.74, 6) is 0.308. The van der Waals surface area contributed by atoms with Crippen LogP contribution in [0.3, 0.4) is 0 Å². The van der Waals surface area contributed by atoms with E-state index in [0.29, 0.717) is 29.4 Å². The number of nitrogen functional groups attached to an aromatic ring is 1. The predicted molar refractivity (Wildman–Crippen MR) is 64.6 cm³/mol. The van der Waals surface area contributed by atoms with Crippen molar-refractivity contribution in [3.63, 3.8) is 0 Å². The fourth-order valence-electron chi connectivity index (χ4n) is 1.86. The Morgan fingerprint density at radius 1 is 1.71 bits per heavy atom. The molecule has 1 amide bonds. The number of aromatic nitrogens is 1. The molecule has 5 heteroatoms. The van der Waals surface area contributed by atoms with Crippen molar-refractivity contribution in [3.8, 4) is 0 Å². The number of hydrogen-bond donors (Lipinski definition) is 2. The van der Waals surface area contributed by atoms with Crippen LogP contribution in [-0.2, 0) is 4.74 Å². The van der Waals surface area contributed by atoms with Crippen LogP contribution >= 0.6 is 0 Å². The Bertz CT molecular complexity index is 414. The van der Waals surface area contributed by atoms with Crippen molar-refractivity contribution in [2.24, 2.45) is 5.92 Å². The quantitative estimate of drug-likeness (QED) is 0.810. The van der Waals surface area contributed by atoms with E-state index in [4.69, 9.17) is 10.5 Å². The molecule has 1 saturated heterocycles. The second-order valence-electron chi connectivity index (χ2n) is 4.34. The summed E-state index contributed by atoms with van der Waals surface area (Å²) in [7, 11) is 0. The summed E-state index contributed by atoms with van der Waals surface area (Å²) in [6.45, 7) is 3.97. The number of rotatable bonds is 3. The minimum atomic E-state index is -0.116. The Kier molecular flexibility index (Phi) is 3.58. The standard InChI is InChI=1S/C12H17N3O2/c1-8-11(4-10(13)6-14-8)12(16)15-5-9-2-3-17-7-9/h4,6,9H,2-3,5,7,13H2,1H3,(H,15,16). The number of amides is 1. The van der Waals surface area contributed by atoms with Gasteiger partial charge in [0.15, 0.2) is 0 Å². The number of pyridine rings is 1. The van der Waals surface area contributed by atoms with E-state index in [-0.39, 0.29) is 5.91 Å². The molecule has 0 radical (unpaired) electrons. The van der Waals surface area contributed by atoms with Gasteiger partial charge in [-0.3, -0.25) is 9.78 Å². The fraction of sp³-hybridized carbons (Fsp3) is 0.500. The van der Waals surface area contributed by atoms with Crippen LogP contribution in [0, 0.1) is 12.8 Å². The van der Waals surface area contributed by atoms with E-state index in [2.05, 4.69) is 10.3 Å². The smallest absolute Gasteiger partial charge is 0.253 e. The zero-order valence-electron chi connectivity index (χ0n) is 9.90. The molecule has 17 heavy (non-hydrogen) atoms. The first kappa shape index (κ1) is 11.9. The summed E-state index contributed by atoms with van der Waals surface area (Å²) in [5, 5.41) is 2.89. The van der Waals surface area contributed by atoms with E-state index < -0.39 is 0 Å². The van der Waals surface area contributed by atoms with Gasteiger partial charge >= 0.3 is 0 Å². The molecule has 1 aliphatic rings. The Morgan fingerprint density at radius 3 is 3.24 bits per heavy atom. The van der Waals surface area contributed by atoms with Crippen molar-refractivity contribution in [1.82, 2.24) is 10.3 Å². The summed E-state index contributed by atoms with van der Waals surface area (Å²) < 4.78 is 5.25. The first-order valence-corrected chi connectivity index (χ1v) is 5.75. The lowest BCUT2D eigenvalue weighted by molar-refractivity contribution is 0.0944. The fourth-order valence-corrected chi connectivity index (χ4v) is 1.86. The Hall–Kier alpha value is -1.62. The van der Waals surface area contributed by atoms with E-state index >= 15 is 0 Å². The molecule has 2 heterocycles. The van der Waals surface area contributed by atoms with Gasteiger partial charge in [-0.15, -0.1) is 0 Å². The van der Waals surface area contributed by atoms with Gasteiger partial charge in [-0.25, -0.2) is 0 Å². The summed E-state index contributed by atoms with van der Waals surface area (Å²) >= 11 is 0. The summed E-state index contributed by atoms with van der Waals surface area (Å²) in [5.41, 5.74) is 7.36. The number of anilines is 1. The summed E-state index contributed by atoms with van der Waals surface area (Å²) in [6.07, 6.45) is 2.56. The molecule has 0 bridgehead atoms. The number of nitrogens with one attached hydrogen (secondary N) is 1. The van der Waals surface area contributed by atoms with Crippen molar-refractivity contribution < 1.29 is 9.53 Å². The van der Waals surface area contributed by atoms with Crippen LogP contribution < -0.4 is 11.1 Å². The van der Waals surface area contributed by atoms with Crippen LogP contribution in [0.25, 0.3) is 0 Å². The highest BCUT2D eigenvalue weighted by Gasteiger charge is 2.17. The molecule has 1 unspecified atom stereocenters. The summed E-state index contributed by atoms with van der Waals surface area (Å²) in [6, 6.07) is 1.66. The largest absolute Gasteiger partial charge is 0.397 e. The molecule has 0 aliphatic carbocycles. The van der Waals surface area contributed by atoms with Gasteiger partial charge < -0.3 is 15.8 Å². The molecule has 1 aromatic heterocycles. The lowest BCUT2D eigenvalue weighted by Crippen LogP contribution is -2.30. The van der Waals surface area contributed by atoms with Crippen LogP contribution in [0.2, 0.25) is 0 Å². The third-order valence-electron chi connectivity index (χ3n) is 2.93. The van der Waals surface area contributed by atoms with Crippen molar-refractivity contribution >= 4 is 11.6 Å². The Balaban J connectivity index is 1.96. The molecule has 0 aromatic carbocycles. The first-order valence-electron chi connectivity index (χ1n) is 5.75. The SMILES string of the molecule is Cc1ncc(N)cc1C(=O)NCC1CCOC1. The Labute approximate surface area is 100 Å². The maximum Gasteiger partial charge on any atom is 0.253 e. The molecule has 1 atom stereocenters. The van der Waals surface area contributed by atoms with Crippen LogP contribution in [0.5, 0.6) is 0 Å². The van der Waals surface area contributed by atoms with Crippen molar-refractivity contribution in [1.29, 1.82) is 0 Å². The van der Waals surface area contributed by atoms with E-state index in [0.717, 1.165) is 19.6 Å². The topological polar surface area (TPSA) is 77.2 Å². The molecule has 1 fully saturated rings. The third-order valence-corrected chi connectivity index (χ3v) is 2.93. The lowest BCUT2D eigenvalue weighted by atomic mass is 10.1. The maximum absolute atomic E-state index is 11.9. The van der Waals surface area contributed by atoms with Gasteiger partial charge in [0.05, 0.1) is 29.7 Å². The second-order valence-corrected chi connectivity index (χ2v) is 4.34. The third kappa shape index (κ3) is 2.94. The minimum Gasteiger partial charge on any atom is -0.397 e. The van der Waals surface area contributed by atoms with Gasteiger partial charge in [0.25, 0.3) is 5.91 Å². The first-order chi connectivity index (χ1) is 8.16. The van der Waals surface area contributed by atoms with Crippen LogP contribution in [0.15, 0.2) is 12.3 Å². The number of nitrogens with two attached hydrogens (primary N) is 1. The molecule has 0 saturated carbocycles. The second kappa shape index (κ2) is 5.14. The zero-order chi connectivity index (χ0) is 12.3. The molecule has 0 spiro atoms. The van der Waals surface area contributed by atoms with Gasteiger partial charge in [-0.1, -0.05) is 0 Å². The number of carbonyl (C=O) groups excluding carboxylic acids is 1. The highest BCUT2D eigenvalue weighted by molar-refractivity contribution is 5.95. The van der Waals surface area contributed by atoms with Crippen LogP contribution in [0.4, 0.5) is 5.69 Å². The lowest BCUT2D eigenvalue weighted by Gasteiger charge is -2.10. The van der Waals surface area contributed by atoms with Crippen LogP contribution in [0.1, 0.15) is 22.5 Å². The highest BCUT2D eigenvalue weighted by atomic mass is 16.5. The number of hydrogen-bond acceptors (Lipinski definition) is 4. The average Bonchev–Trinajstić information content (AvgIpc) is 2.82. The monoisotopic (exact) mass is 235 g/mol. The molecule has 3 N–H and O–H groups in total. The van der Waals surface area contributed by atoms with Gasteiger partial charge in [-0.2, -0.15) is 0 Å². The van der Waals surface area contributed by atoms with E-state index in [9.17, 15) is 4.79 Å².